The molecule has 9 heteroatoms. The van der Waals surface area contributed by atoms with Gasteiger partial charge < -0.3 is 15.2 Å². The Balaban J connectivity index is 0.000000538. The van der Waals surface area contributed by atoms with Crippen LogP contribution in [0, 0.1) is 6.92 Å². The summed E-state index contributed by atoms with van der Waals surface area (Å²) in [4.78, 5) is 25.2. The maximum Gasteiger partial charge on any atom is 0.354 e. The van der Waals surface area contributed by atoms with Crippen molar-refractivity contribution in [1.82, 2.24) is 4.31 Å². The van der Waals surface area contributed by atoms with E-state index in [1.54, 1.807) is 62.6 Å². The Bertz CT molecular complexity index is 1370. The number of hydrogen-bond donors (Lipinski definition) is 1. The first-order chi connectivity index (χ1) is 18.1. The zero-order chi connectivity index (χ0) is 28.3. The zero-order valence-electron chi connectivity index (χ0n) is 21.7. The number of carbonyl (C=O) groups excluding carboxylic acids is 2. The topological polar surface area (TPSA) is 116 Å². The molecule has 0 amide bonds. The molecule has 3 aromatic carbocycles. The molecule has 0 aliphatic rings. The molecule has 2 N–H and O–H groups in total. The van der Waals surface area contributed by atoms with Crippen LogP contribution in [0.3, 0.4) is 0 Å². The van der Waals surface area contributed by atoms with E-state index in [0.29, 0.717) is 9.87 Å². The molecule has 0 aliphatic carbocycles. The van der Waals surface area contributed by atoms with Gasteiger partial charge >= 0.3 is 5.97 Å². The Morgan fingerprint density at radius 2 is 1.58 bits per heavy atom. The van der Waals surface area contributed by atoms with Crippen molar-refractivity contribution >= 4 is 21.8 Å². The van der Waals surface area contributed by atoms with E-state index < -0.39 is 33.6 Å². The normalized spacial score (nSPS) is 11.3. The van der Waals surface area contributed by atoms with Gasteiger partial charge in [0.05, 0.1) is 20.0 Å². The van der Waals surface area contributed by atoms with Crippen LogP contribution in [0.2, 0.25) is 0 Å². The minimum Gasteiger partial charge on any atom is -0.497 e. The van der Waals surface area contributed by atoms with Gasteiger partial charge in [0, 0.05) is 16.7 Å². The standard InChI is InChI=1S/C22H24N2O5S.C7H8O/c1-5-13-30(27,28)24(16(3)22(26)29-4)21(23)19-14-15(2)11-12-18(19)20(25)17-9-7-6-8-10-17;1-8-7-5-3-2-4-6-7/h5-12,14,21H,1,3,13,23H2,2,4H3;2-6H,1H3. The molecular weight excluding hydrogens is 504 g/mol. The first-order valence-corrected chi connectivity index (χ1v) is 13.1. The highest BCUT2D eigenvalue weighted by Gasteiger charge is 2.34. The molecule has 0 saturated heterocycles. The molecule has 0 spiro atoms. The van der Waals surface area contributed by atoms with E-state index in [4.69, 9.17) is 10.5 Å². The highest BCUT2D eigenvalue weighted by molar-refractivity contribution is 7.89. The molecule has 0 bridgehead atoms. The second-order valence-electron chi connectivity index (χ2n) is 8.05. The molecule has 8 nitrogen and oxygen atoms in total. The fraction of sp³-hybridized carbons (Fsp3) is 0.172. The molecule has 3 aromatic rings. The SMILES string of the molecule is C=CCS(=O)(=O)N(C(=C)C(=O)OC)C(N)c1cc(C)ccc1C(=O)c1ccccc1.COc1ccccc1. The largest absolute Gasteiger partial charge is 0.497 e. The number of rotatable bonds is 10. The lowest BCUT2D eigenvalue weighted by Crippen LogP contribution is -2.42. The van der Waals surface area contributed by atoms with Crippen LogP contribution in [-0.4, -0.2) is 44.4 Å². The summed E-state index contributed by atoms with van der Waals surface area (Å²) in [5, 5.41) is 0. The molecule has 0 aromatic heterocycles. The van der Waals surface area contributed by atoms with Gasteiger partial charge in [-0.15, -0.1) is 6.58 Å². The van der Waals surface area contributed by atoms with Gasteiger partial charge in [0.25, 0.3) is 0 Å². The van der Waals surface area contributed by atoms with Crippen molar-refractivity contribution in [1.29, 1.82) is 0 Å². The van der Waals surface area contributed by atoms with Crippen molar-refractivity contribution in [2.24, 2.45) is 5.73 Å². The van der Waals surface area contributed by atoms with Crippen LogP contribution in [-0.2, 0) is 19.6 Å². The van der Waals surface area contributed by atoms with Crippen LogP contribution in [0.15, 0.2) is 104 Å². The number of aryl methyl sites for hydroxylation is 1. The van der Waals surface area contributed by atoms with Crippen LogP contribution >= 0.6 is 0 Å². The number of nitrogens with zero attached hydrogens (tertiary/aromatic N) is 1. The predicted octanol–water partition coefficient (Wildman–Crippen LogP) is 4.38. The van der Waals surface area contributed by atoms with E-state index >= 15 is 0 Å². The number of sulfonamides is 1. The average Bonchev–Trinajstić information content (AvgIpc) is 2.93. The molecular formula is C29H32N2O6S. The molecule has 0 saturated carbocycles. The van der Waals surface area contributed by atoms with Crippen LogP contribution in [0.25, 0.3) is 0 Å². The van der Waals surface area contributed by atoms with Crippen molar-refractivity contribution in [3.05, 3.63) is 126 Å². The molecule has 200 valence electrons. The van der Waals surface area contributed by atoms with Crippen LogP contribution < -0.4 is 10.5 Å². The number of benzene rings is 3. The van der Waals surface area contributed by atoms with Crippen molar-refractivity contribution in [3.8, 4) is 5.75 Å². The summed E-state index contributed by atoms with van der Waals surface area (Å²) >= 11 is 0. The fourth-order valence-electron chi connectivity index (χ4n) is 3.51. The molecule has 0 aliphatic heterocycles. The van der Waals surface area contributed by atoms with Gasteiger partial charge in [-0.3, -0.25) is 4.79 Å². The van der Waals surface area contributed by atoms with Gasteiger partial charge in [-0.1, -0.05) is 84.9 Å². The number of ketones is 1. The quantitative estimate of drug-likeness (QED) is 0.134. The summed E-state index contributed by atoms with van der Waals surface area (Å²) in [6.45, 7) is 8.77. The number of nitrogens with two attached hydrogens (primary N) is 1. The second kappa shape index (κ2) is 13.9. The van der Waals surface area contributed by atoms with E-state index in [1.165, 1.54) is 6.08 Å². The third-order valence-electron chi connectivity index (χ3n) is 5.35. The lowest BCUT2D eigenvalue weighted by atomic mass is 9.95. The molecule has 0 heterocycles. The maximum atomic E-state index is 13.1. The lowest BCUT2D eigenvalue weighted by Gasteiger charge is -2.31. The van der Waals surface area contributed by atoms with Gasteiger partial charge in [0.2, 0.25) is 10.0 Å². The Morgan fingerprint density at radius 3 is 2.08 bits per heavy atom. The monoisotopic (exact) mass is 536 g/mol. The Morgan fingerprint density at radius 1 is 1.00 bits per heavy atom. The summed E-state index contributed by atoms with van der Waals surface area (Å²) in [7, 11) is -1.35. The maximum absolute atomic E-state index is 13.1. The van der Waals surface area contributed by atoms with Gasteiger partial charge in [-0.05, 0) is 19.1 Å². The van der Waals surface area contributed by atoms with E-state index in [2.05, 4.69) is 17.9 Å². The van der Waals surface area contributed by atoms with Crippen molar-refractivity contribution < 1.29 is 27.5 Å². The highest BCUT2D eigenvalue weighted by atomic mass is 32.2. The molecule has 1 unspecified atom stereocenters. The summed E-state index contributed by atoms with van der Waals surface area (Å²) in [5.41, 5.74) is 7.49. The number of hydrogen-bond acceptors (Lipinski definition) is 7. The van der Waals surface area contributed by atoms with Gasteiger partial charge in [0.15, 0.2) is 5.78 Å². The van der Waals surface area contributed by atoms with Crippen molar-refractivity contribution in [3.63, 3.8) is 0 Å². The number of ether oxygens (including phenoxy) is 2. The molecule has 1 atom stereocenters. The number of carbonyl (C=O) groups is 2. The van der Waals surface area contributed by atoms with Gasteiger partial charge in [0.1, 0.15) is 17.6 Å². The number of methoxy groups -OCH3 is 2. The van der Waals surface area contributed by atoms with Gasteiger partial charge in [-0.2, -0.15) is 0 Å². The molecule has 38 heavy (non-hydrogen) atoms. The second-order valence-corrected chi connectivity index (χ2v) is 9.94. The highest BCUT2D eigenvalue weighted by Crippen LogP contribution is 2.29. The van der Waals surface area contributed by atoms with E-state index in [1.807, 2.05) is 30.3 Å². The summed E-state index contributed by atoms with van der Waals surface area (Å²) in [6.07, 6.45) is -0.213. The zero-order valence-corrected chi connectivity index (χ0v) is 22.5. The fourth-order valence-corrected chi connectivity index (χ4v) is 4.84. The predicted molar refractivity (Wildman–Crippen MR) is 148 cm³/mol. The smallest absolute Gasteiger partial charge is 0.354 e. The third kappa shape index (κ3) is 7.64. The van der Waals surface area contributed by atoms with Crippen LogP contribution in [0.4, 0.5) is 0 Å². The van der Waals surface area contributed by atoms with E-state index in [-0.39, 0.29) is 16.9 Å². The number of esters is 1. The summed E-state index contributed by atoms with van der Waals surface area (Å²) in [6, 6.07) is 23.1. The summed E-state index contributed by atoms with van der Waals surface area (Å²) < 4.78 is 36.0. The Kier molecular flexibility index (Phi) is 11.0. The molecule has 3 rings (SSSR count). The molecule has 0 radical (unpaired) electrons. The average molecular weight is 537 g/mol. The lowest BCUT2D eigenvalue weighted by molar-refractivity contribution is -0.137. The minimum atomic E-state index is -4.12. The van der Waals surface area contributed by atoms with E-state index in [9.17, 15) is 18.0 Å². The van der Waals surface area contributed by atoms with Crippen molar-refractivity contribution in [2.75, 3.05) is 20.0 Å². The minimum absolute atomic E-state index is 0.218. The van der Waals surface area contributed by atoms with Crippen molar-refractivity contribution in [2.45, 2.75) is 13.1 Å². The van der Waals surface area contributed by atoms with Crippen LogP contribution in [0.5, 0.6) is 5.75 Å². The Hall–Kier alpha value is -4.21. The first-order valence-electron chi connectivity index (χ1n) is 11.5. The van der Waals surface area contributed by atoms with E-state index in [0.717, 1.165) is 18.4 Å². The first kappa shape index (κ1) is 30.0. The van der Waals surface area contributed by atoms with Crippen LogP contribution in [0.1, 0.15) is 33.2 Å². The number of para-hydroxylation sites is 1. The Labute approximate surface area is 224 Å². The summed E-state index contributed by atoms with van der Waals surface area (Å²) in [5.74, 6) is -0.857. The molecule has 0 fully saturated rings. The van der Waals surface area contributed by atoms with Gasteiger partial charge in [-0.25, -0.2) is 17.5 Å². The third-order valence-corrected chi connectivity index (χ3v) is 7.06.